The molecule has 1 aliphatic heterocycles. The smallest absolute Gasteiger partial charge is 0.282 e. The van der Waals surface area contributed by atoms with E-state index in [-0.39, 0.29) is 11.8 Å². The highest BCUT2D eigenvalue weighted by molar-refractivity contribution is 6.45. The number of rotatable bonds is 9. The third-order valence-corrected chi connectivity index (χ3v) is 5.74. The van der Waals surface area contributed by atoms with E-state index in [0.29, 0.717) is 53.7 Å². The number of hydrogen-bond acceptors (Lipinski definition) is 5. The van der Waals surface area contributed by atoms with Crippen molar-refractivity contribution in [3.63, 3.8) is 0 Å². The van der Waals surface area contributed by atoms with E-state index in [4.69, 9.17) is 9.47 Å². The second kappa shape index (κ2) is 10.3. The van der Waals surface area contributed by atoms with Crippen LogP contribution in [0.1, 0.15) is 25.0 Å². The first kappa shape index (κ1) is 23.1. The fraction of sp³-hybridized carbons (Fsp3) is 0.214. The second-order valence-corrected chi connectivity index (χ2v) is 7.80. The average Bonchev–Trinajstić information content (AvgIpc) is 3.13. The van der Waals surface area contributed by atoms with E-state index < -0.39 is 0 Å². The zero-order valence-electron chi connectivity index (χ0n) is 19.7. The molecule has 1 heterocycles. The molecule has 0 atom stereocenters. The maximum Gasteiger partial charge on any atom is 0.282 e. The third kappa shape index (κ3) is 4.39. The van der Waals surface area contributed by atoms with Gasteiger partial charge in [-0.15, -0.1) is 0 Å². The number of benzene rings is 3. The molecule has 0 saturated carbocycles. The molecule has 0 radical (unpaired) electrons. The van der Waals surface area contributed by atoms with Crippen LogP contribution in [0.15, 0.2) is 84.6 Å². The lowest BCUT2D eigenvalue weighted by Gasteiger charge is -2.25. The van der Waals surface area contributed by atoms with Crippen LogP contribution in [0.5, 0.6) is 11.5 Å². The summed E-state index contributed by atoms with van der Waals surface area (Å²) in [7, 11) is 1.56. The first-order valence-corrected chi connectivity index (χ1v) is 11.4. The number of nitrogens with zero attached hydrogens (tertiary/aromatic N) is 2. The Morgan fingerprint density at radius 1 is 0.853 bits per heavy atom. The molecule has 3 aromatic carbocycles. The van der Waals surface area contributed by atoms with E-state index in [0.717, 1.165) is 5.56 Å². The highest BCUT2D eigenvalue weighted by atomic mass is 16.5. The summed E-state index contributed by atoms with van der Waals surface area (Å²) in [6.07, 6.45) is 0. The number of carbonyl (C=O) groups excluding carboxylic acids is 2. The van der Waals surface area contributed by atoms with Crippen LogP contribution >= 0.6 is 0 Å². The van der Waals surface area contributed by atoms with Crippen LogP contribution in [0.25, 0.3) is 5.57 Å². The summed E-state index contributed by atoms with van der Waals surface area (Å²) in [4.78, 5) is 30.9. The number of methoxy groups -OCH3 is 1. The molecule has 6 nitrogen and oxygen atoms in total. The molecular weight excluding hydrogens is 428 g/mol. The molecule has 6 heteroatoms. The van der Waals surface area contributed by atoms with E-state index in [1.165, 1.54) is 4.90 Å². The Morgan fingerprint density at radius 2 is 1.59 bits per heavy atom. The maximum absolute atomic E-state index is 13.9. The van der Waals surface area contributed by atoms with E-state index in [2.05, 4.69) is 0 Å². The number of para-hydroxylation sites is 1. The zero-order valence-corrected chi connectivity index (χ0v) is 19.7. The minimum atomic E-state index is -0.385. The van der Waals surface area contributed by atoms with Crippen LogP contribution in [-0.4, -0.2) is 37.0 Å². The molecule has 0 aromatic heterocycles. The number of anilines is 1. The van der Waals surface area contributed by atoms with Gasteiger partial charge in [0, 0.05) is 24.7 Å². The molecule has 0 fully saturated rings. The number of carbonyl (C=O) groups is 2. The molecule has 0 bridgehead atoms. The van der Waals surface area contributed by atoms with Crippen LogP contribution in [0.2, 0.25) is 0 Å². The van der Waals surface area contributed by atoms with Crippen molar-refractivity contribution in [1.29, 1.82) is 0 Å². The molecule has 1 aliphatic rings. The van der Waals surface area contributed by atoms with Gasteiger partial charge in [0.2, 0.25) is 0 Å². The molecular formula is C28H28N2O4. The van der Waals surface area contributed by atoms with Crippen molar-refractivity contribution in [2.75, 3.05) is 25.2 Å². The molecule has 2 amide bonds. The normalized spacial score (nSPS) is 13.4. The first-order chi connectivity index (χ1) is 16.6. The van der Waals surface area contributed by atoms with Gasteiger partial charge in [-0.1, -0.05) is 54.6 Å². The predicted molar refractivity (Wildman–Crippen MR) is 133 cm³/mol. The Labute approximate surface area is 200 Å². The minimum absolute atomic E-state index is 0.335. The highest BCUT2D eigenvalue weighted by Gasteiger charge is 2.43. The largest absolute Gasteiger partial charge is 0.496 e. The van der Waals surface area contributed by atoms with E-state index in [1.807, 2.05) is 67.3 Å². The van der Waals surface area contributed by atoms with E-state index >= 15 is 0 Å². The molecule has 0 saturated heterocycles. The summed E-state index contributed by atoms with van der Waals surface area (Å²) in [5, 5.41) is 0. The van der Waals surface area contributed by atoms with Gasteiger partial charge in [-0.05, 0) is 37.6 Å². The topological polar surface area (TPSA) is 59.1 Å². The maximum atomic E-state index is 13.9. The van der Waals surface area contributed by atoms with Gasteiger partial charge in [-0.25, -0.2) is 4.90 Å². The van der Waals surface area contributed by atoms with Crippen LogP contribution in [0.3, 0.4) is 0 Å². The van der Waals surface area contributed by atoms with Crippen molar-refractivity contribution < 1.29 is 19.1 Å². The van der Waals surface area contributed by atoms with Crippen LogP contribution in [0.4, 0.5) is 5.69 Å². The SMILES string of the molecule is CCOc1cccc(N2C(=O)C(c3ccccc3OC)=C(N(CC)Cc3ccccc3)C2=O)c1. The van der Waals surface area contributed by atoms with Gasteiger partial charge < -0.3 is 14.4 Å². The second-order valence-electron chi connectivity index (χ2n) is 7.80. The number of ether oxygens (including phenoxy) is 2. The van der Waals surface area contributed by atoms with Crippen molar-refractivity contribution in [1.82, 2.24) is 4.90 Å². The Balaban J connectivity index is 1.85. The summed E-state index contributed by atoms with van der Waals surface area (Å²) in [5.41, 5.74) is 2.81. The number of amides is 2. The van der Waals surface area contributed by atoms with Gasteiger partial charge >= 0.3 is 0 Å². The van der Waals surface area contributed by atoms with Gasteiger partial charge in [0.05, 0.1) is 25.0 Å². The van der Waals surface area contributed by atoms with Gasteiger partial charge in [-0.3, -0.25) is 9.59 Å². The molecule has 0 aliphatic carbocycles. The lowest BCUT2D eigenvalue weighted by molar-refractivity contribution is -0.120. The van der Waals surface area contributed by atoms with Crippen molar-refractivity contribution in [3.05, 3.63) is 95.7 Å². The van der Waals surface area contributed by atoms with Crippen molar-refractivity contribution in [3.8, 4) is 11.5 Å². The van der Waals surface area contributed by atoms with Gasteiger partial charge in [-0.2, -0.15) is 0 Å². The molecule has 3 aromatic rings. The average molecular weight is 457 g/mol. The summed E-state index contributed by atoms with van der Waals surface area (Å²) in [6.45, 7) is 5.40. The molecule has 0 spiro atoms. The molecule has 34 heavy (non-hydrogen) atoms. The molecule has 0 unspecified atom stereocenters. The Morgan fingerprint density at radius 3 is 2.29 bits per heavy atom. The summed E-state index contributed by atoms with van der Waals surface area (Å²) < 4.78 is 11.2. The van der Waals surface area contributed by atoms with Gasteiger partial charge in [0.25, 0.3) is 11.8 Å². The summed E-state index contributed by atoms with van der Waals surface area (Å²) in [5.74, 6) is 0.392. The van der Waals surface area contributed by atoms with Gasteiger partial charge in [0.15, 0.2) is 0 Å². The summed E-state index contributed by atoms with van der Waals surface area (Å²) >= 11 is 0. The van der Waals surface area contributed by atoms with Crippen LogP contribution in [0, 0.1) is 0 Å². The quantitative estimate of drug-likeness (QED) is 0.429. The molecule has 0 N–H and O–H groups in total. The number of hydrogen-bond donors (Lipinski definition) is 0. The first-order valence-electron chi connectivity index (χ1n) is 11.4. The number of likely N-dealkylation sites (N-methyl/N-ethyl adjacent to an activating group) is 1. The summed E-state index contributed by atoms with van der Waals surface area (Å²) in [6, 6.07) is 24.2. The fourth-order valence-corrected chi connectivity index (χ4v) is 4.17. The van der Waals surface area contributed by atoms with E-state index in [9.17, 15) is 9.59 Å². The monoisotopic (exact) mass is 456 g/mol. The standard InChI is InChI=1S/C28H28N2O4/c1-4-29(19-20-12-7-6-8-13-20)26-25(23-16-9-10-17-24(23)33-3)27(31)30(28(26)32)21-14-11-15-22(18-21)34-5-2/h6-18H,4-5,19H2,1-3H3. The predicted octanol–water partition coefficient (Wildman–Crippen LogP) is 4.90. The Bertz CT molecular complexity index is 1220. The van der Waals surface area contributed by atoms with Crippen molar-refractivity contribution in [2.45, 2.75) is 20.4 Å². The lowest BCUT2D eigenvalue weighted by atomic mass is 10.0. The number of imide groups is 1. The Hall–Kier alpha value is -4.06. The van der Waals surface area contributed by atoms with Crippen LogP contribution < -0.4 is 14.4 Å². The zero-order chi connectivity index (χ0) is 24.1. The molecule has 4 rings (SSSR count). The molecule has 174 valence electrons. The van der Waals surface area contributed by atoms with Gasteiger partial charge in [0.1, 0.15) is 17.2 Å². The van der Waals surface area contributed by atoms with Crippen molar-refractivity contribution >= 4 is 23.1 Å². The third-order valence-electron chi connectivity index (χ3n) is 5.74. The van der Waals surface area contributed by atoms with Crippen molar-refractivity contribution in [2.24, 2.45) is 0 Å². The highest BCUT2D eigenvalue weighted by Crippen LogP contribution is 2.39. The van der Waals surface area contributed by atoms with Crippen LogP contribution in [-0.2, 0) is 16.1 Å². The fourth-order valence-electron chi connectivity index (χ4n) is 4.17. The Kier molecular flexibility index (Phi) is 6.97. The lowest BCUT2D eigenvalue weighted by Crippen LogP contribution is -2.35. The van der Waals surface area contributed by atoms with E-state index in [1.54, 1.807) is 37.4 Å². The minimum Gasteiger partial charge on any atom is -0.496 e.